The Balaban J connectivity index is 2.21. The highest BCUT2D eigenvalue weighted by Gasteiger charge is 2.20. The molecule has 2 heterocycles. The van der Waals surface area contributed by atoms with Crippen LogP contribution in [0.2, 0.25) is 0 Å². The van der Waals surface area contributed by atoms with Gasteiger partial charge in [0.2, 0.25) is 0 Å². The number of anilines is 1. The third-order valence-corrected chi connectivity index (χ3v) is 2.94. The van der Waals surface area contributed by atoms with Gasteiger partial charge >= 0.3 is 0 Å². The number of carbonyl (C=O) groups is 1. The van der Waals surface area contributed by atoms with Gasteiger partial charge < -0.3 is 15.1 Å². The molecular weight excluding hydrogens is 232 g/mol. The first-order valence-electron chi connectivity index (χ1n) is 6.02. The van der Waals surface area contributed by atoms with E-state index in [9.17, 15) is 4.79 Å². The number of nitrogen functional groups attached to an aromatic ring is 1. The third kappa shape index (κ3) is 2.77. The van der Waals surface area contributed by atoms with Gasteiger partial charge in [0, 0.05) is 31.6 Å². The summed E-state index contributed by atoms with van der Waals surface area (Å²) < 4.78 is 5.34. The van der Waals surface area contributed by atoms with E-state index in [0.29, 0.717) is 37.6 Å². The Hall–Kier alpha value is -1.66. The first-order valence-corrected chi connectivity index (χ1v) is 6.02. The molecule has 98 valence electrons. The van der Waals surface area contributed by atoms with Crippen LogP contribution in [0.3, 0.4) is 0 Å². The van der Waals surface area contributed by atoms with E-state index in [0.717, 1.165) is 12.1 Å². The summed E-state index contributed by atoms with van der Waals surface area (Å²) in [6.45, 7) is 4.46. The first-order chi connectivity index (χ1) is 8.72. The monoisotopic (exact) mass is 250 g/mol. The van der Waals surface area contributed by atoms with E-state index in [1.807, 2.05) is 6.92 Å². The van der Waals surface area contributed by atoms with Crippen molar-refractivity contribution in [2.45, 2.75) is 13.3 Å². The number of aryl methyl sites for hydroxylation is 1. The van der Waals surface area contributed by atoms with Crippen molar-refractivity contribution in [3.8, 4) is 0 Å². The molecule has 0 atom stereocenters. The van der Waals surface area contributed by atoms with Crippen LogP contribution >= 0.6 is 0 Å². The van der Waals surface area contributed by atoms with Crippen molar-refractivity contribution in [2.24, 2.45) is 5.84 Å². The van der Waals surface area contributed by atoms with Crippen LogP contribution in [0.25, 0.3) is 0 Å². The van der Waals surface area contributed by atoms with Crippen LogP contribution in [0.4, 0.5) is 5.69 Å². The number of nitrogens with two attached hydrogens (primary N) is 1. The second kappa shape index (κ2) is 5.79. The smallest absolute Gasteiger partial charge is 0.257 e. The van der Waals surface area contributed by atoms with Crippen LogP contribution in [0, 0.1) is 6.92 Å². The summed E-state index contributed by atoms with van der Waals surface area (Å²) in [5.41, 5.74) is 4.49. The van der Waals surface area contributed by atoms with Crippen LogP contribution in [-0.2, 0) is 4.74 Å². The summed E-state index contributed by atoms with van der Waals surface area (Å²) in [6.07, 6.45) is 2.43. The van der Waals surface area contributed by atoms with Crippen LogP contribution in [-0.4, -0.2) is 42.1 Å². The van der Waals surface area contributed by atoms with Gasteiger partial charge in [0.25, 0.3) is 5.91 Å². The zero-order chi connectivity index (χ0) is 13.0. The quantitative estimate of drug-likeness (QED) is 0.591. The van der Waals surface area contributed by atoms with E-state index in [2.05, 4.69) is 10.4 Å². The molecule has 0 unspecified atom stereocenters. The molecule has 1 aliphatic heterocycles. The Labute approximate surface area is 106 Å². The fraction of sp³-hybridized carbons (Fsp3) is 0.500. The maximum absolute atomic E-state index is 12.4. The zero-order valence-electron chi connectivity index (χ0n) is 10.5. The zero-order valence-corrected chi connectivity index (χ0v) is 10.5. The number of hydrazine groups is 1. The molecule has 18 heavy (non-hydrogen) atoms. The maximum atomic E-state index is 12.4. The number of aromatic nitrogens is 1. The SMILES string of the molecule is Cc1cc(NN)c(C(=O)N2CCCOCC2)cn1. The molecule has 0 aliphatic carbocycles. The fourth-order valence-electron chi connectivity index (χ4n) is 1.97. The summed E-state index contributed by atoms with van der Waals surface area (Å²) in [5, 5.41) is 0. The number of nitrogens with zero attached hydrogens (tertiary/aromatic N) is 2. The van der Waals surface area contributed by atoms with Gasteiger partial charge in [-0.25, -0.2) is 0 Å². The number of amides is 1. The van der Waals surface area contributed by atoms with E-state index >= 15 is 0 Å². The van der Waals surface area contributed by atoms with Gasteiger partial charge in [0.05, 0.1) is 17.9 Å². The number of pyridine rings is 1. The van der Waals surface area contributed by atoms with Crippen molar-refractivity contribution in [3.63, 3.8) is 0 Å². The topological polar surface area (TPSA) is 80.5 Å². The number of nitrogens with one attached hydrogen (secondary N) is 1. The molecule has 0 spiro atoms. The highest BCUT2D eigenvalue weighted by Crippen LogP contribution is 2.17. The minimum absolute atomic E-state index is 0.0547. The van der Waals surface area contributed by atoms with Gasteiger partial charge in [0.1, 0.15) is 0 Å². The lowest BCUT2D eigenvalue weighted by molar-refractivity contribution is 0.0742. The summed E-state index contributed by atoms with van der Waals surface area (Å²) >= 11 is 0. The molecule has 1 fully saturated rings. The Morgan fingerprint density at radius 3 is 3.11 bits per heavy atom. The lowest BCUT2D eigenvalue weighted by Gasteiger charge is -2.20. The number of hydrogen-bond donors (Lipinski definition) is 2. The Bertz CT molecular complexity index is 428. The van der Waals surface area contributed by atoms with E-state index in [-0.39, 0.29) is 5.91 Å². The van der Waals surface area contributed by atoms with Crippen molar-refractivity contribution in [2.75, 3.05) is 31.7 Å². The molecule has 6 heteroatoms. The fourth-order valence-corrected chi connectivity index (χ4v) is 1.97. The summed E-state index contributed by atoms with van der Waals surface area (Å²) in [5.74, 6) is 5.39. The van der Waals surface area contributed by atoms with Gasteiger partial charge in [-0.05, 0) is 19.4 Å². The van der Waals surface area contributed by atoms with Gasteiger partial charge in [-0.1, -0.05) is 0 Å². The van der Waals surface area contributed by atoms with Crippen molar-refractivity contribution in [1.82, 2.24) is 9.88 Å². The minimum Gasteiger partial charge on any atom is -0.380 e. The number of rotatable bonds is 2. The largest absolute Gasteiger partial charge is 0.380 e. The van der Waals surface area contributed by atoms with Crippen molar-refractivity contribution in [3.05, 3.63) is 23.5 Å². The lowest BCUT2D eigenvalue weighted by atomic mass is 10.2. The highest BCUT2D eigenvalue weighted by atomic mass is 16.5. The molecule has 0 bridgehead atoms. The van der Waals surface area contributed by atoms with E-state index in [1.54, 1.807) is 17.2 Å². The van der Waals surface area contributed by atoms with Gasteiger partial charge in [0.15, 0.2) is 0 Å². The van der Waals surface area contributed by atoms with Crippen molar-refractivity contribution in [1.29, 1.82) is 0 Å². The molecule has 1 saturated heterocycles. The highest BCUT2D eigenvalue weighted by molar-refractivity contribution is 5.99. The summed E-state index contributed by atoms with van der Waals surface area (Å²) in [6, 6.07) is 1.77. The standard InChI is InChI=1S/C12H18N4O2/c1-9-7-11(15-13)10(8-14-9)12(17)16-3-2-5-18-6-4-16/h7-8H,2-6,13H2,1H3,(H,14,15). The molecular formula is C12H18N4O2. The number of hydrogen-bond acceptors (Lipinski definition) is 5. The predicted molar refractivity (Wildman–Crippen MR) is 68.1 cm³/mol. The van der Waals surface area contributed by atoms with Crippen LogP contribution in [0.1, 0.15) is 22.5 Å². The molecule has 1 amide bonds. The third-order valence-electron chi connectivity index (χ3n) is 2.94. The van der Waals surface area contributed by atoms with Crippen molar-refractivity contribution >= 4 is 11.6 Å². The molecule has 3 N–H and O–H groups in total. The summed E-state index contributed by atoms with van der Waals surface area (Å²) in [7, 11) is 0. The van der Waals surface area contributed by atoms with E-state index in [4.69, 9.17) is 10.6 Å². The second-order valence-electron chi connectivity index (χ2n) is 4.27. The number of ether oxygens (including phenoxy) is 1. The second-order valence-corrected chi connectivity index (χ2v) is 4.27. The molecule has 1 aromatic rings. The van der Waals surface area contributed by atoms with Gasteiger partial charge in [-0.15, -0.1) is 0 Å². The Morgan fingerprint density at radius 2 is 2.33 bits per heavy atom. The molecule has 0 aromatic carbocycles. The minimum atomic E-state index is -0.0547. The Kier molecular flexibility index (Phi) is 4.11. The Morgan fingerprint density at radius 1 is 1.50 bits per heavy atom. The van der Waals surface area contributed by atoms with Gasteiger partial charge in [-0.2, -0.15) is 0 Å². The first kappa shape index (κ1) is 12.8. The summed E-state index contributed by atoms with van der Waals surface area (Å²) in [4.78, 5) is 18.3. The van der Waals surface area contributed by atoms with Crippen molar-refractivity contribution < 1.29 is 9.53 Å². The van der Waals surface area contributed by atoms with E-state index < -0.39 is 0 Å². The maximum Gasteiger partial charge on any atom is 0.257 e. The molecule has 2 rings (SSSR count). The normalized spacial score (nSPS) is 16.2. The average Bonchev–Trinajstić information content (AvgIpc) is 2.66. The van der Waals surface area contributed by atoms with Crippen LogP contribution in [0.15, 0.2) is 12.3 Å². The van der Waals surface area contributed by atoms with Gasteiger partial charge in [-0.3, -0.25) is 15.6 Å². The van der Waals surface area contributed by atoms with Crippen LogP contribution in [0.5, 0.6) is 0 Å². The number of carbonyl (C=O) groups excluding carboxylic acids is 1. The van der Waals surface area contributed by atoms with Crippen LogP contribution < -0.4 is 11.3 Å². The molecule has 6 nitrogen and oxygen atoms in total. The molecule has 1 aromatic heterocycles. The predicted octanol–water partition coefficient (Wildman–Crippen LogP) is 0.538. The van der Waals surface area contributed by atoms with E-state index in [1.165, 1.54) is 0 Å². The average molecular weight is 250 g/mol. The molecule has 0 saturated carbocycles. The molecule has 0 radical (unpaired) electrons. The lowest BCUT2D eigenvalue weighted by Crippen LogP contribution is -2.34. The molecule has 1 aliphatic rings.